The first-order valence-corrected chi connectivity index (χ1v) is 3.63. The van der Waals surface area contributed by atoms with E-state index in [0.717, 1.165) is 0 Å². The number of aliphatic hydroxyl groups is 1. The summed E-state index contributed by atoms with van der Waals surface area (Å²) in [5, 5.41) is 8.36. The van der Waals surface area contributed by atoms with Crippen LogP contribution in [0.4, 0.5) is 0 Å². The normalized spacial score (nSPS) is 14.1. The second kappa shape index (κ2) is 4.87. The van der Waals surface area contributed by atoms with E-state index in [0.29, 0.717) is 0 Å². The minimum absolute atomic E-state index is 0. The molecule has 0 fully saturated rings. The molecule has 0 saturated carbocycles. The van der Waals surface area contributed by atoms with Gasteiger partial charge in [0.2, 0.25) is 0 Å². The SMILES string of the molecule is CCC(O)S(=O)(=O)O.[CaH2]. The molecular weight excluding hydrogens is 172 g/mol. The van der Waals surface area contributed by atoms with Crippen molar-refractivity contribution in [2.45, 2.75) is 18.8 Å². The van der Waals surface area contributed by atoms with Crippen LogP contribution in [0.5, 0.6) is 0 Å². The van der Waals surface area contributed by atoms with Gasteiger partial charge in [0.25, 0.3) is 10.1 Å². The Morgan fingerprint density at radius 3 is 1.89 bits per heavy atom. The van der Waals surface area contributed by atoms with E-state index in [1.807, 2.05) is 0 Å². The van der Waals surface area contributed by atoms with Crippen molar-refractivity contribution >= 4 is 47.9 Å². The van der Waals surface area contributed by atoms with Crippen LogP contribution in [0, 0.1) is 0 Å². The average Bonchev–Trinajstić information content (AvgIpc) is 1.62. The first-order chi connectivity index (χ1) is 3.48. The first kappa shape index (κ1) is 12.8. The Balaban J connectivity index is 0. The summed E-state index contributed by atoms with van der Waals surface area (Å²) < 4.78 is 27.7. The van der Waals surface area contributed by atoms with Gasteiger partial charge in [0.05, 0.1) is 0 Å². The Labute approximate surface area is 84.0 Å². The molecule has 0 aromatic rings. The van der Waals surface area contributed by atoms with Gasteiger partial charge in [-0.15, -0.1) is 0 Å². The van der Waals surface area contributed by atoms with Gasteiger partial charge in [-0.05, 0) is 6.42 Å². The topological polar surface area (TPSA) is 74.6 Å². The van der Waals surface area contributed by atoms with E-state index in [9.17, 15) is 8.42 Å². The molecule has 0 aromatic heterocycles. The van der Waals surface area contributed by atoms with Crippen LogP contribution >= 0.6 is 0 Å². The van der Waals surface area contributed by atoms with Crippen LogP contribution in [-0.2, 0) is 10.1 Å². The van der Waals surface area contributed by atoms with Gasteiger partial charge >= 0.3 is 37.7 Å². The summed E-state index contributed by atoms with van der Waals surface area (Å²) in [7, 11) is -4.20. The summed E-state index contributed by atoms with van der Waals surface area (Å²) in [4.78, 5) is 0. The van der Waals surface area contributed by atoms with E-state index in [1.54, 1.807) is 0 Å². The van der Waals surface area contributed by atoms with Gasteiger partial charge in [-0.2, -0.15) is 8.42 Å². The Morgan fingerprint density at radius 1 is 1.56 bits per heavy atom. The summed E-state index contributed by atoms with van der Waals surface area (Å²) in [5.41, 5.74) is -1.62. The van der Waals surface area contributed by atoms with E-state index in [2.05, 4.69) is 0 Å². The number of hydrogen-bond acceptors (Lipinski definition) is 3. The third-order valence-corrected chi connectivity index (χ3v) is 1.71. The molecule has 0 radical (unpaired) electrons. The van der Waals surface area contributed by atoms with Crippen LogP contribution in [-0.4, -0.2) is 61.3 Å². The number of hydrogen-bond donors (Lipinski definition) is 2. The summed E-state index contributed by atoms with van der Waals surface area (Å²) in [6.45, 7) is 1.46. The molecule has 0 rings (SSSR count). The molecule has 0 amide bonds. The van der Waals surface area contributed by atoms with Gasteiger partial charge in [-0.25, -0.2) is 0 Å². The molecule has 0 saturated heterocycles. The molecule has 0 spiro atoms. The van der Waals surface area contributed by atoms with E-state index in [-0.39, 0.29) is 44.2 Å². The van der Waals surface area contributed by atoms with Crippen molar-refractivity contribution in [2.75, 3.05) is 0 Å². The molecule has 54 valence electrons. The fraction of sp³-hybridized carbons (Fsp3) is 1.00. The summed E-state index contributed by atoms with van der Waals surface area (Å²) in [6, 6.07) is 0. The Kier molecular flexibility index (Phi) is 6.91. The van der Waals surface area contributed by atoms with Crippen molar-refractivity contribution in [3.63, 3.8) is 0 Å². The monoisotopic (exact) mass is 182 g/mol. The number of aliphatic hydroxyl groups excluding tert-OH is 1. The van der Waals surface area contributed by atoms with Crippen LogP contribution in [0.3, 0.4) is 0 Å². The summed E-state index contributed by atoms with van der Waals surface area (Å²) in [5.74, 6) is 0. The molecule has 1 unspecified atom stereocenters. The van der Waals surface area contributed by atoms with Crippen molar-refractivity contribution < 1.29 is 18.1 Å². The molecule has 0 heterocycles. The van der Waals surface area contributed by atoms with Crippen molar-refractivity contribution in [1.29, 1.82) is 0 Å². The molecule has 0 aliphatic carbocycles. The average molecular weight is 182 g/mol. The number of rotatable bonds is 2. The van der Waals surface area contributed by atoms with Gasteiger partial charge in [0.1, 0.15) is 0 Å². The van der Waals surface area contributed by atoms with Gasteiger partial charge in [-0.1, -0.05) is 6.92 Å². The third kappa shape index (κ3) is 5.57. The maximum absolute atomic E-state index is 9.87. The molecule has 2 N–H and O–H groups in total. The van der Waals surface area contributed by atoms with Crippen LogP contribution in [0.15, 0.2) is 0 Å². The molecule has 6 heteroatoms. The van der Waals surface area contributed by atoms with Crippen LogP contribution in [0.1, 0.15) is 13.3 Å². The van der Waals surface area contributed by atoms with E-state index < -0.39 is 15.6 Å². The van der Waals surface area contributed by atoms with E-state index >= 15 is 0 Å². The fourth-order valence-corrected chi connectivity index (χ4v) is 0.632. The first-order valence-electron chi connectivity index (χ1n) is 2.13. The second-order valence-electron chi connectivity index (χ2n) is 1.38. The minimum atomic E-state index is -4.20. The second-order valence-corrected chi connectivity index (χ2v) is 2.95. The van der Waals surface area contributed by atoms with Crippen molar-refractivity contribution in [3.8, 4) is 0 Å². The fourth-order valence-electron chi connectivity index (χ4n) is 0.211. The Morgan fingerprint density at radius 2 is 1.89 bits per heavy atom. The van der Waals surface area contributed by atoms with Gasteiger partial charge in [0.15, 0.2) is 5.44 Å². The Hall–Kier alpha value is 1.13. The van der Waals surface area contributed by atoms with E-state index in [4.69, 9.17) is 9.66 Å². The summed E-state index contributed by atoms with van der Waals surface area (Å²) in [6.07, 6.45) is 0.0127. The molecule has 0 bridgehead atoms. The van der Waals surface area contributed by atoms with E-state index in [1.165, 1.54) is 6.92 Å². The Bertz CT molecular complexity index is 151. The molecule has 4 nitrogen and oxygen atoms in total. The standard InChI is InChI=1S/C3H8O4S.Ca.2H/c1-2-3(4)8(5,6)7;;;/h3-4H,2H2,1H3,(H,5,6,7);;;. The van der Waals surface area contributed by atoms with Gasteiger partial charge < -0.3 is 5.11 Å². The predicted octanol–water partition coefficient (Wildman–Crippen LogP) is -1.31. The van der Waals surface area contributed by atoms with Crippen molar-refractivity contribution in [2.24, 2.45) is 0 Å². The van der Waals surface area contributed by atoms with Crippen LogP contribution < -0.4 is 0 Å². The third-order valence-electron chi connectivity index (χ3n) is 0.693. The van der Waals surface area contributed by atoms with Crippen LogP contribution in [0.25, 0.3) is 0 Å². The molecule has 0 aliphatic heterocycles. The zero-order chi connectivity index (χ0) is 6.78. The molecular formula is C3H10CaO4S. The maximum atomic E-state index is 9.87. The molecule has 9 heavy (non-hydrogen) atoms. The van der Waals surface area contributed by atoms with Crippen molar-refractivity contribution in [3.05, 3.63) is 0 Å². The predicted molar refractivity (Wildman–Crippen MR) is 36.4 cm³/mol. The molecule has 0 aromatic carbocycles. The van der Waals surface area contributed by atoms with Gasteiger partial charge in [0, 0.05) is 0 Å². The van der Waals surface area contributed by atoms with Gasteiger partial charge in [-0.3, -0.25) is 4.55 Å². The quantitative estimate of drug-likeness (QED) is 0.410. The zero-order valence-electron chi connectivity index (χ0n) is 4.40. The zero-order valence-corrected chi connectivity index (χ0v) is 5.22. The van der Waals surface area contributed by atoms with Crippen molar-refractivity contribution in [1.82, 2.24) is 0 Å². The molecule has 1 atom stereocenters. The summed E-state index contributed by atoms with van der Waals surface area (Å²) >= 11 is 0. The molecule has 0 aliphatic rings. The van der Waals surface area contributed by atoms with Crippen LogP contribution in [0.2, 0.25) is 0 Å².